The highest BCUT2D eigenvalue weighted by Gasteiger charge is 2.12. The Kier molecular flexibility index (Phi) is 5.84. The molecular weight excluding hydrogens is 322 g/mol. The Morgan fingerprint density at radius 1 is 1.24 bits per heavy atom. The normalized spacial score (nSPS) is 11.1. The number of aryl methyl sites for hydroxylation is 2. The van der Waals surface area contributed by atoms with E-state index in [1.165, 1.54) is 6.07 Å². The molecule has 0 saturated carbocycles. The fourth-order valence-electron chi connectivity index (χ4n) is 2.13. The summed E-state index contributed by atoms with van der Waals surface area (Å²) < 4.78 is 5.38. The summed E-state index contributed by atoms with van der Waals surface area (Å²) in [5.74, 6) is 0.187. The molecule has 0 unspecified atom stereocenters. The zero-order chi connectivity index (χ0) is 18.4. The van der Waals surface area contributed by atoms with E-state index in [9.17, 15) is 14.9 Å². The molecule has 0 aliphatic carbocycles. The van der Waals surface area contributed by atoms with Gasteiger partial charge in [0, 0.05) is 17.2 Å². The lowest BCUT2D eigenvalue weighted by Crippen LogP contribution is -2.25. The summed E-state index contributed by atoms with van der Waals surface area (Å²) in [4.78, 5) is 22.4. The monoisotopic (exact) mass is 341 g/mol. The van der Waals surface area contributed by atoms with Gasteiger partial charge in [0.1, 0.15) is 5.75 Å². The maximum Gasteiger partial charge on any atom is 0.277 e. The number of nitro benzene ring substituents is 1. The van der Waals surface area contributed by atoms with Crippen LogP contribution in [-0.2, 0) is 4.79 Å². The van der Waals surface area contributed by atoms with Crippen molar-refractivity contribution in [3.05, 3.63) is 69.3 Å². The molecule has 25 heavy (non-hydrogen) atoms. The number of hydrazone groups is 1. The number of carbonyl (C=O) groups excluding carboxylic acids is 1. The van der Waals surface area contributed by atoms with Crippen LogP contribution >= 0.6 is 0 Å². The number of nitrogens with zero attached hydrogens (tertiary/aromatic N) is 2. The number of hydrogen-bond acceptors (Lipinski definition) is 5. The Labute approximate surface area is 145 Å². The molecule has 130 valence electrons. The maximum atomic E-state index is 11.8. The first-order valence-electron chi connectivity index (χ1n) is 7.65. The molecule has 2 aromatic carbocycles. The second-order valence-electron chi connectivity index (χ2n) is 5.60. The van der Waals surface area contributed by atoms with E-state index in [4.69, 9.17) is 4.74 Å². The molecule has 0 radical (unpaired) electrons. The van der Waals surface area contributed by atoms with Crippen LogP contribution in [0.4, 0.5) is 5.69 Å². The fourth-order valence-corrected chi connectivity index (χ4v) is 2.13. The minimum Gasteiger partial charge on any atom is -0.484 e. The van der Waals surface area contributed by atoms with Crippen molar-refractivity contribution in [3.8, 4) is 5.75 Å². The Morgan fingerprint density at radius 3 is 2.68 bits per heavy atom. The number of nitro groups is 1. The lowest BCUT2D eigenvalue weighted by molar-refractivity contribution is -0.385. The third kappa shape index (κ3) is 5.13. The van der Waals surface area contributed by atoms with Gasteiger partial charge in [0.2, 0.25) is 0 Å². The number of rotatable bonds is 6. The highest BCUT2D eigenvalue weighted by Crippen LogP contribution is 2.19. The Bertz CT molecular complexity index is 831. The van der Waals surface area contributed by atoms with Gasteiger partial charge in [-0.2, -0.15) is 5.10 Å². The second-order valence-corrected chi connectivity index (χ2v) is 5.60. The molecule has 0 fully saturated rings. The van der Waals surface area contributed by atoms with Crippen LogP contribution in [0.1, 0.15) is 23.6 Å². The molecule has 0 spiro atoms. The number of nitrogens with one attached hydrogen (secondary N) is 1. The van der Waals surface area contributed by atoms with Gasteiger partial charge in [-0.05, 0) is 38.5 Å². The zero-order valence-corrected chi connectivity index (χ0v) is 14.3. The first kappa shape index (κ1) is 18.1. The maximum absolute atomic E-state index is 11.8. The summed E-state index contributed by atoms with van der Waals surface area (Å²) in [5, 5.41) is 15.0. The molecule has 0 saturated heterocycles. The molecule has 1 amide bonds. The van der Waals surface area contributed by atoms with Crippen LogP contribution in [0.2, 0.25) is 0 Å². The van der Waals surface area contributed by atoms with Crippen molar-refractivity contribution in [1.29, 1.82) is 0 Å². The number of amides is 1. The van der Waals surface area contributed by atoms with E-state index >= 15 is 0 Å². The Hall–Kier alpha value is -3.22. The Morgan fingerprint density at radius 2 is 2.00 bits per heavy atom. The predicted octanol–water partition coefficient (Wildman–Crippen LogP) is 3.13. The van der Waals surface area contributed by atoms with E-state index in [0.717, 1.165) is 5.56 Å². The van der Waals surface area contributed by atoms with Crippen molar-refractivity contribution in [1.82, 2.24) is 5.43 Å². The molecule has 7 heteroatoms. The number of benzene rings is 2. The quantitative estimate of drug-likeness (QED) is 0.496. The first-order chi connectivity index (χ1) is 11.9. The van der Waals surface area contributed by atoms with E-state index in [1.807, 2.05) is 25.1 Å². The SMILES string of the molecule is C/C(=N/NC(=O)COc1cccc(C)c1)c1ccc(C)c([N+](=O)[O-])c1. The van der Waals surface area contributed by atoms with Gasteiger partial charge in [-0.1, -0.05) is 24.3 Å². The third-order valence-corrected chi connectivity index (χ3v) is 3.53. The Balaban J connectivity index is 1.97. The predicted molar refractivity (Wildman–Crippen MR) is 94.9 cm³/mol. The van der Waals surface area contributed by atoms with Gasteiger partial charge in [-0.25, -0.2) is 5.43 Å². The summed E-state index contributed by atoms with van der Waals surface area (Å²) in [7, 11) is 0. The van der Waals surface area contributed by atoms with Gasteiger partial charge >= 0.3 is 0 Å². The molecular formula is C18H19N3O4. The molecule has 0 aliphatic rings. The van der Waals surface area contributed by atoms with Crippen molar-refractivity contribution in [3.63, 3.8) is 0 Å². The van der Waals surface area contributed by atoms with E-state index in [2.05, 4.69) is 10.5 Å². The summed E-state index contributed by atoms with van der Waals surface area (Å²) in [6, 6.07) is 12.2. The lowest BCUT2D eigenvalue weighted by atomic mass is 10.1. The molecule has 1 N–H and O–H groups in total. The molecule has 0 aliphatic heterocycles. The van der Waals surface area contributed by atoms with Crippen LogP contribution in [0.25, 0.3) is 0 Å². The number of ether oxygens (including phenoxy) is 1. The van der Waals surface area contributed by atoms with Crippen molar-refractivity contribution in [2.75, 3.05) is 6.61 Å². The molecule has 2 rings (SSSR count). The van der Waals surface area contributed by atoms with Crippen molar-refractivity contribution in [2.45, 2.75) is 20.8 Å². The van der Waals surface area contributed by atoms with E-state index < -0.39 is 10.8 Å². The van der Waals surface area contributed by atoms with Crippen molar-refractivity contribution >= 4 is 17.3 Å². The highest BCUT2D eigenvalue weighted by atomic mass is 16.6. The minimum atomic E-state index is -0.444. The zero-order valence-electron chi connectivity index (χ0n) is 14.3. The number of hydrogen-bond donors (Lipinski definition) is 1. The summed E-state index contributed by atoms with van der Waals surface area (Å²) >= 11 is 0. The summed E-state index contributed by atoms with van der Waals surface area (Å²) in [6.45, 7) is 5.09. The smallest absolute Gasteiger partial charge is 0.277 e. The van der Waals surface area contributed by atoms with Crippen LogP contribution < -0.4 is 10.2 Å². The molecule has 0 heterocycles. The first-order valence-corrected chi connectivity index (χ1v) is 7.65. The standard InChI is InChI=1S/C18H19N3O4/c1-12-5-4-6-16(9-12)25-11-18(22)20-19-14(3)15-8-7-13(2)17(10-15)21(23)24/h4-10H,11H2,1-3H3,(H,20,22)/b19-14-. The van der Waals surface area contributed by atoms with Crippen molar-refractivity contribution < 1.29 is 14.5 Å². The average molecular weight is 341 g/mol. The molecule has 0 aromatic heterocycles. The van der Waals surface area contributed by atoms with Crippen LogP contribution in [0.3, 0.4) is 0 Å². The van der Waals surface area contributed by atoms with E-state index in [1.54, 1.807) is 32.0 Å². The van der Waals surface area contributed by atoms with Gasteiger partial charge in [-0.3, -0.25) is 14.9 Å². The molecule has 2 aromatic rings. The topological polar surface area (TPSA) is 93.8 Å². The van der Waals surface area contributed by atoms with Crippen molar-refractivity contribution in [2.24, 2.45) is 5.10 Å². The molecule has 0 atom stereocenters. The molecule has 7 nitrogen and oxygen atoms in total. The highest BCUT2D eigenvalue weighted by molar-refractivity contribution is 5.99. The summed E-state index contributed by atoms with van der Waals surface area (Å²) in [6.07, 6.45) is 0. The van der Waals surface area contributed by atoms with Gasteiger partial charge < -0.3 is 4.74 Å². The van der Waals surface area contributed by atoms with E-state index in [-0.39, 0.29) is 12.3 Å². The van der Waals surface area contributed by atoms with E-state index in [0.29, 0.717) is 22.6 Å². The van der Waals surface area contributed by atoms with Crippen LogP contribution in [0.5, 0.6) is 5.75 Å². The van der Waals surface area contributed by atoms with Crippen LogP contribution in [0.15, 0.2) is 47.6 Å². The largest absolute Gasteiger partial charge is 0.484 e. The third-order valence-electron chi connectivity index (χ3n) is 3.53. The molecule has 0 bridgehead atoms. The van der Waals surface area contributed by atoms with Gasteiger partial charge in [0.15, 0.2) is 6.61 Å². The van der Waals surface area contributed by atoms with Crippen LogP contribution in [-0.4, -0.2) is 23.1 Å². The summed E-state index contributed by atoms with van der Waals surface area (Å²) in [5.41, 5.74) is 5.03. The van der Waals surface area contributed by atoms with Gasteiger partial charge in [0.25, 0.3) is 11.6 Å². The van der Waals surface area contributed by atoms with Gasteiger partial charge in [0.05, 0.1) is 10.6 Å². The average Bonchev–Trinajstić information content (AvgIpc) is 2.58. The minimum absolute atomic E-state index is 0.0150. The number of carbonyl (C=O) groups is 1. The fraction of sp³-hybridized carbons (Fsp3) is 0.222. The second kappa shape index (κ2) is 8.05. The lowest BCUT2D eigenvalue weighted by Gasteiger charge is -2.07. The van der Waals surface area contributed by atoms with Gasteiger partial charge in [-0.15, -0.1) is 0 Å². The van der Waals surface area contributed by atoms with Crippen LogP contribution in [0, 0.1) is 24.0 Å².